The lowest BCUT2D eigenvalue weighted by atomic mass is 10.1. The summed E-state index contributed by atoms with van der Waals surface area (Å²) in [5.74, 6) is 0.283. The molecule has 1 aliphatic rings. The summed E-state index contributed by atoms with van der Waals surface area (Å²) < 4.78 is 0. The van der Waals surface area contributed by atoms with E-state index in [0.717, 1.165) is 30.8 Å². The highest BCUT2D eigenvalue weighted by Gasteiger charge is 2.27. The monoisotopic (exact) mass is 577 g/mol. The number of rotatable bonds is 3. The zero-order valence-electron chi connectivity index (χ0n) is 22.9. The maximum absolute atomic E-state index is 14.2. The van der Waals surface area contributed by atoms with Gasteiger partial charge >= 0.3 is 0 Å². The molecule has 5 rings (SSSR count). The van der Waals surface area contributed by atoms with Gasteiger partial charge in [0.2, 0.25) is 5.91 Å². The Morgan fingerprint density at radius 3 is 2.58 bits per heavy atom. The molecule has 40 heavy (non-hydrogen) atoms. The second kappa shape index (κ2) is 11.9. The first-order chi connectivity index (χ1) is 19.2. The molecule has 3 heterocycles. The highest BCUT2D eigenvalue weighted by molar-refractivity contribution is 7.20. The Hall–Kier alpha value is -3.53. The van der Waals surface area contributed by atoms with Gasteiger partial charge in [0, 0.05) is 56.9 Å². The lowest BCUT2D eigenvalue weighted by Crippen LogP contribution is -2.38. The average Bonchev–Trinajstić information content (AvgIpc) is 3.23. The molecule has 8 nitrogen and oxygen atoms in total. The van der Waals surface area contributed by atoms with E-state index in [0.29, 0.717) is 51.1 Å². The van der Waals surface area contributed by atoms with Crippen LogP contribution in [0, 0.1) is 13.8 Å². The van der Waals surface area contributed by atoms with Crippen LogP contribution in [0.25, 0.3) is 10.2 Å². The predicted octanol–water partition coefficient (Wildman–Crippen LogP) is 5.16. The van der Waals surface area contributed by atoms with Crippen molar-refractivity contribution in [3.8, 4) is 0 Å². The van der Waals surface area contributed by atoms with Crippen LogP contribution in [-0.2, 0) is 17.9 Å². The van der Waals surface area contributed by atoms with Gasteiger partial charge in [0.05, 0.1) is 10.3 Å². The zero-order chi connectivity index (χ0) is 28.4. The van der Waals surface area contributed by atoms with E-state index >= 15 is 0 Å². The van der Waals surface area contributed by atoms with Crippen molar-refractivity contribution in [3.05, 3.63) is 91.3 Å². The van der Waals surface area contributed by atoms with Gasteiger partial charge in [0.25, 0.3) is 11.5 Å². The number of benzene rings is 2. The molecule has 2 aromatic carbocycles. The number of aromatic amines is 1. The third kappa shape index (κ3) is 5.96. The molecule has 2 amide bonds. The molecule has 0 aliphatic carbocycles. The van der Waals surface area contributed by atoms with Crippen molar-refractivity contribution in [3.63, 3.8) is 0 Å². The van der Waals surface area contributed by atoms with E-state index in [4.69, 9.17) is 11.6 Å². The van der Waals surface area contributed by atoms with Crippen molar-refractivity contribution in [2.75, 3.05) is 31.1 Å². The number of hydrogen-bond donors (Lipinski definition) is 1. The van der Waals surface area contributed by atoms with Gasteiger partial charge in [0.1, 0.15) is 10.7 Å². The zero-order valence-corrected chi connectivity index (χ0v) is 24.4. The first-order valence-electron chi connectivity index (χ1n) is 13.3. The first-order valence-corrected chi connectivity index (χ1v) is 14.5. The van der Waals surface area contributed by atoms with Crippen LogP contribution in [0.1, 0.15) is 45.5 Å². The van der Waals surface area contributed by atoms with Crippen molar-refractivity contribution in [1.29, 1.82) is 0 Å². The van der Waals surface area contributed by atoms with Crippen LogP contribution in [0.3, 0.4) is 0 Å². The summed E-state index contributed by atoms with van der Waals surface area (Å²) >= 11 is 7.66. The number of hydrogen-bond acceptors (Lipinski definition) is 6. The van der Waals surface area contributed by atoms with E-state index in [1.165, 1.54) is 16.9 Å². The Bertz CT molecular complexity index is 1620. The maximum Gasteiger partial charge on any atom is 0.264 e. The van der Waals surface area contributed by atoms with Crippen molar-refractivity contribution < 1.29 is 9.59 Å². The van der Waals surface area contributed by atoms with Gasteiger partial charge in [-0.1, -0.05) is 41.9 Å². The third-order valence-corrected chi connectivity index (χ3v) is 8.67. The molecular weight excluding hydrogens is 546 g/mol. The van der Waals surface area contributed by atoms with Gasteiger partial charge in [-0.05, 0) is 55.2 Å². The molecule has 0 atom stereocenters. The minimum Gasteiger partial charge on any atom is -0.332 e. The number of carbonyl (C=O) groups is 2. The van der Waals surface area contributed by atoms with Crippen LogP contribution in [0.15, 0.2) is 53.3 Å². The number of aryl methyl sites for hydroxylation is 2. The minimum absolute atomic E-state index is 0.0590. The molecule has 0 bridgehead atoms. The van der Waals surface area contributed by atoms with Gasteiger partial charge in [-0.15, -0.1) is 11.3 Å². The average molecular weight is 578 g/mol. The van der Waals surface area contributed by atoms with Crippen LogP contribution in [0.4, 0.5) is 5.69 Å². The van der Waals surface area contributed by atoms with Crippen LogP contribution in [0.2, 0.25) is 5.02 Å². The van der Waals surface area contributed by atoms with Gasteiger partial charge in [-0.3, -0.25) is 19.3 Å². The Balaban J connectivity index is 1.55. The largest absolute Gasteiger partial charge is 0.332 e. The highest BCUT2D eigenvalue weighted by atomic mass is 35.5. The fourth-order valence-electron chi connectivity index (χ4n) is 5.27. The second-order valence-electron chi connectivity index (χ2n) is 10.2. The number of halogens is 1. The number of aromatic nitrogens is 2. The molecule has 0 radical (unpaired) electrons. The molecule has 1 aliphatic heterocycles. The fourth-order valence-corrected chi connectivity index (χ4v) is 6.66. The summed E-state index contributed by atoms with van der Waals surface area (Å²) in [7, 11) is 0. The second-order valence-corrected chi connectivity index (χ2v) is 11.6. The Labute approximate surface area is 242 Å². The standard InChI is InChI=1S/C30H32ClN5O3S/c1-19-26-28(38)32-20(2)33-29(26)40-27(19)30(39)35-15-14-34(17-22-8-5-4-6-9-22)12-7-13-36(21(3)37)25-11-10-24(31)16-23(25)18-35/h4-6,8-11,16H,7,12-15,17-18H2,1-3H3,(H,32,33,38). The minimum atomic E-state index is -0.240. The number of anilines is 1. The summed E-state index contributed by atoms with van der Waals surface area (Å²) in [5.41, 5.74) is 3.14. The van der Waals surface area contributed by atoms with E-state index in [1.807, 2.05) is 30.3 Å². The number of fused-ring (bicyclic) bond motifs is 2. The van der Waals surface area contributed by atoms with Crippen molar-refractivity contribution in [2.24, 2.45) is 0 Å². The number of H-pyrrole nitrogens is 1. The number of nitrogens with zero attached hydrogens (tertiary/aromatic N) is 4. The molecule has 208 valence electrons. The molecule has 0 saturated heterocycles. The van der Waals surface area contributed by atoms with E-state index < -0.39 is 0 Å². The molecule has 0 spiro atoms. The Morgan fingerprint density at radius 2 is 1.82 bits per heavy atom. The summed E-state index contributed by atoms with van der Waals surface area (Å²) in [6.07, 6.45) is 0.783. The summed E-state index contributed by atoms with van der Waals surface area (Å²) in [6, 6.07) is 15.7. The molecule has 4 aromatic rings. The van der Waals surface area contributed by atoms with Crippen molar-refractivity contribution in [2.45, 2.75) is 40.3 Å². The lowest BCUT2D eigenvalue weighted by molar-refractivity contribution is -0.116. The number of thiophene rings is 1. The number of nitrogens with one attached hydrogen (secondary N) is 1. The highest BCUT2D eigenvalue weighted by Crippen LogP contribution is 2.31. The van der Waals surface area contributed by atoms with Gasteiger partial charge in [-0.2, -0.15) is 0 Å². The normalized spacial score (nSPS) is 15.1. The first kappa shape index (κ1) is 28.0. The molecule has 2 aromatic heterocycles. The van der Waals surface area contributed by atoms with E-state index in [-0.39, 0.29) is 23.9 Å². The molecule has 0 saturated carbocycles. The summed E-state index contributed by atoms with van der Waals surface area (Å²) in [4.78, 5) is 53.8. The number of amides is 2. The Kier molecular flexibility index (Phi) is 8.35. The smallest absolute Gasteiger partial charge is 0.264 e. The van der Waals surface area contributed by atoms with E-state index in [1.54, 1.807) is 36.6 Å². The predicted molar refractivity (Wildman–Crippen MR) is 160 cm³/mol. The summed E-state index contributed by atoms with van der Waals surface area (Å²) in [5, 5.41) is 0.994. The molecular formula is C30H32ClN5O3S. The maximum atomic E-state index is 14.2. The van der Waals surface area contributed by atoms with E-state index in [2.05, 4.69) is 27.0 Å². The molecule has 0 fully saturated rings. The van der Waals surface area contributed by atoms with Gasteiger partial charge < -0.3 is 14.8 Å². The quantitative estimate of drug-likeness (QED) is 0.363. The van der Waals surface area contributed by atoms with Crippen LogP contribution < -0.4 is 10.5 Å². The molecule has 10 heteroatoms. The lowest BCUT2D eigenvalue weighted by Gasteiger charge is -2.28. The SMILES string of the molecule is CC(=O)N1CCCN(Cc2ccccc2)CCN(C(=O)c2sc3nc(C)[nH]c(=O)c3c2C)Cc2cc(Cl)ccc21. The third-order valence-electron chi connectivity index (χ3n) is 7.27. The Morgan fingerprint density at radius 1 is 1.05 bits per heavy atom. The van der Waals surface area contributed by atoms with E-state index in [9.17, 15) is 14.4 Å². The molecule has 1 N–H and O–H groups in total. The van der Waals surface area contributed by atoms with Crippen LogP contribution >= 0.6 is 22.9 Å². The van der Waals surface area contributed by atoms with Gasteiger partial charge in [-0.25, -0.2) is 4.98 Å². The van der Waals surface area contributed by atoms with Crippen LogP contribution in [0.5, 0.6) is 0 Å². The van der Waals surface area contributed by atoms with Crippen molar-refractivity contribution >= 4 is 50.7 Å². The number of carbonyl (C=O) groups excluding carboxylic acids is 2. The van der Waals surface area contributed by atoms with Crippen molar-refractivity contribution in [1.82, 2.24) is 19.8 Å². The fraction of sp³-hybridized carbons (Fsp3) is 0.333. The van der Waals surface area contributed by atoms with Gasteiger partial charge in [0.15, 0.2) is 0 Å². The van der Waals surface area contributed by atoms with Crippen LogP contribution in [-0.4, -0.2) is 57.8 Å². The topological polar surface area (TPSA) is 89.6 Å². The summed E-state index contributed by atoms with van der Waals surface area (Å²) in [6.45, 7) is 8.55. The molecule has 0 unspecified atom stereocenters.